The van der Waals surface area contributed by atoms with Gasteiger partial charge in [0.1, 0.15) is 0 Å². The van der Waals surface area contributed by atoms with E-state index in [2.05, 4.69) is 10.5 Å². The van der Waals surface area contributed by atoms with Crippen molar-refractivity contribution >= 4 is 34.6 Å². The standard InChI is InChI=1S/C13H16N4OS/c1-8-7-11(18)15-16-12(8)9-3-5-10(6-4-9)17(2)13(14)19/h3-6,8H,7H2,1-2H3,(H2,14,19)(H,15,18). The molecule has 1 aromatic rings. The Morgan fingerprint density at radius 2 is 2.11 bits per heavy atom. The van der Waals surface area contributed by atoms with Crippen LogP contribution < -0.4 is 16.1 Å². The van der Waals surface area contributed by atoms with Gasteiger partial charge in [-0.25, -0.2) is 5.43 Å². The molecule has 0 aromatic heterocycles. The molecule has 0 bridgehead atoms. The topological polar surface area (TPSA) is 70.7 Å². The molecule has 1 amide bonds. The number of rotatable bonds is 2. The molecule has 3 N–H and O–H groups in total. The molecule has 1 heterocycles. The molecule has 0 saturated heterocycles. The van der Waals surface area contributed by atoms with Crippen LogP contribution in [0.5, 0.6) is 0 Å². The lowest BCUT2D eigenvalue weighted by Gasteiger charge is -2.20. The zero-order valence-electron chi connectivity index (χ0n) is 10.9. The van der Waals surface area contributed by atoms with E-state index in [1.54, 1.807) is 4.90 Å². The first-order valence-electron chi connectivity index (χ1n) is 5.99. The number of carbonyl (C=O) groups excluding carboxylic acids is 1. The Kier molecular flexibility index (Phi) is 3.80. The molecule has 1 aromatic carbocycles. The van der Waals surface area contributed by atoms with Crippen molar-refractivity contribution in [2.45, 2.75) is 13.3 Å². The summed E-state index contributed by atoms with van der Waals surface area (Å²) in [6.07, 6.45) is 0.466. The molecule has 6 heteroatoms. The van der Waals surface area contributed by atoms with Crippen LogP contribution in [0.15, 0.2) is 29.4 Å². The second-order valence-corrected chi connectivity index (χ2v) is 5.00. The van der Waals surface area contributed by atoms with E-state index >= 15 is 0 Å². The molecule has 0 aliphatic carbocycles. The Labute approximate surface area is 117 Å². The third kappa shape index (κ3) is 2.90. The summed E-state index contributed by atoms with van der Waals surface area (Å²) >= 11 is 4.92. The van der Waals surface area contributed by atoms with Gasteiger partial charge in [0.2, 0.25) is 5.91 Å². The molecule has 0 fully saturated rings. The van der Waals surface area contributed by atoms with Crippen LogP contribution in [-0.2, 0) is 4.79 Å². The van der Waals surface area contributed by atoms with Crippen molar-refractivity contribution in [3.63, 3.8) is 0 Å². The predicted molar refractivity (Wildman–Crippen MR) is 80.1 cm³/mol. The first-order valence-corrected chi connectivity index (χ1v) is 6.40. The first-order chi connectivity index (χ1) is 8.99. The van der Waals surface area contributed by atoms with Crippen molar-refractivity contribution in [1.82, 2.24) is 5.43 Å². The highest BCUT2D eigenvalue weighted by molar-refractivity contribution is 7.80. The van der Waals surface area contributed by atoms with Gasteiger partial charge in [-0.05, 0) is 29.9 Å². The molecular weight excluding hydrogens is 260 g/mol. The summed E-state index contributed by atoms with van der Waals surface area (Å²) in [6.45, 7) is 1.99. The van der Waals surface area contributed by atoms with Crippen LogP contribution in [0.3, 0.4) is 0 Å². The SMILES string of the molecule is CC1CC(=O)NN=C1c1ccc(N(C)C(N)=S)cc1. The van der Waals surface area contributed by atoms with Gasteiger partial charge in [0.15, 0.2) is 5.11 Å². The summed E-state index contributed by atoms with van der Waals surface area (Å²) < 4.78 is 0. The maximum Gasteiger partial charge on any atom is 0.240 e. The van der Waals surface area contributed by atoms with Gasteiger partial charge in [-0.1, -0.05) is 19.1 Å². The van der Waals surface area contributed by atoms with Gasteiger partial charge in [0.25, 0.3) is 0 Å². The molecule has 1 aliphatic heterocycles. The summed E-state index contributed by atoms with van der Waals surface area (Å²) in [7, 11) is 1.82. The van der Waals surface area contributed by atoms with E-state index in [1.807, 2.05) is 38.2 Å². The predicted octanol–water partition coefficient (Wildman–Crippen LogP) is 1.23. The number of carbonyl (C=O) groups is 1. The van der Waals surface area contributed by atoms with Crippen molar-refractivity contribution in [1.29, 1.82) is 0 Å². The normalized spacial score (nSPS) is 18.5. The number of amides is 1. The van der Waals surface area contributed by atoms with Crippen molar-refractivity contribution in [2.75, 3.05) is 11.9 Å². The van der Waals surface area contributed by atoms with E-state index in [1.165, 1.54) is 0 Å². The fourth-order valence-electron chi connectivity index (χ4n) is 1.99. The van der Waals surface area contributed by atoms with Crippen molar-refractivity contribution in [3.05, 3.63) is 29.8 Å². The zero-order chi connectivity index (χ0) is 14.0. The summed E-state index contributed by atoms with van der Waals surface area (Å²) in [4.78, 5) is 12.9. The minimum Gasteiger partial charge on any atom is -0.376 e. The van der Waals surface area contributed by atoms with E-state index < -0.39 is 0 Å². The number of nitrogens with zero attached hydrogens (tertiary/aromatic N) is 2. The molecule has 100 valence electrons. The van der Waals surface area contributed by atoms with E-state index in [4.69, 9.17) is 18.0 Å². The molecule has 5 nitrogen and oxygen atoms in total. The highest BCUT2D eigenvalue weighted by atomic mass is 32.1. The van der Waals surface area contributed by atoms with Gasteiger partial charge in [0, 0.05) is 25.1 Å². The van der Waals surface area contributed by atoms with Gasteiger partial charge < -0.3 is 10.6 Å². The zero-order valence-corrected chi connectivity index (χ0v) is 11.7. The molecule has 0 saturated carbocycles. The van der Waals surface area contributed by atoms with Crippen LogP contribution in [0.1, 0.15) is 18.9 Å². The van der Waals surface area contributed by atoms with Crippen molar-refractivity contribution in [3.8, 4) is 0 Å². The molecule has 2 rings (SSSR count). The number of benzene rings is 1. The smallest absolute Gasteiger partial charge is 0.240 e. The molecule has 0 radical (unpaired) electrons. The highest BCUT2D eigenvalue weighted by Crippen LogP contribution is 2.19. The Morgan fingerprint density at radius 1 is 1.47 bits per heavy atom. The number of nitrogens with two attached hydrogens (primary N) is 1. The fourth-order valence-corrected chi connectivity index (χ4v) is 2.09. The van der Waals surface area contributed by atoms with Gasteiger partial charge >= 0.3 is 0 Å². The Bertz CT molecular complexity index is 538. The summed E-state index contributed by atoms with van der Waals surface area (Å²) in [5, 5.41) is 4.45. The van der Waals surface area contributed by atoms with E-state index in [-0.39, 0.29) is 11.8 Å². The largest absolute Gasteiger partial charge is 0.376 e. The average molecular weight is 276 g/mol. The Hall–Kier alpha value is -1.95. The van der Waals surface area contributed by atoms with Gasteiger partial charge in [0.05, 0.1) is 5.71 Å². The second-order valence-electron chi connectivity index (χ2n) is 4.58. The van der Waals surface area contributed by atoms with Crippen LogP contribution in [0.25, 0.3) is 0 Å². The van der Waals surface area contributed by atoms with Crippen molar-refractivity contribution in [2.24, 2.45) is 16.8 Å². The van der Waals surface area contributed by atoms with E-state index in [0.717, 1.165) is 17.0 Å². The number of nitrogens with one attached hydrogen (secondary N) is 1. The number of hydrazone groups is 1. The number of thiocarbonyl (C=S) groups is 1. The monoisotopic (exact) mass is 276 g/mol. The molecule has 1 atom stereocenters. The van der Waals surface area contributed by atoms with Crippen LogP contribution in [-0.4, -0.2) is 23.8 Å². The second kappa shape index (κ2) is 5.36. The Morgan fingerprint density at radius 3 is 2.63 bits per heavy atom. The minimum absolute atomic E-state index is 0.0407. The minimum atomic E-state index is -0.0407. The highest BCUT2D eigenvalue weighted by Gasteiger charge is 2.21. The summed E-state index contributed by atoms with van der Waals surface area (Å²) in [6, 6.07) is 7.77. The fraction of sp³-hybridized carbons (Fsp3) is 0.308. The van der Waals surface area contributed by atoms with Crippen molar-refractivity contribution < 1.29 is 4.79 Å². The van der Waals surface area contributed by atoms with Gasteiger partial charge in [-0.2, -0.15) is 5.10 Å². The molecule has 1 aliphatic rings. The number of anilines is 1. The molecule has 0 spiro atoms. The van der Waals surface area contributed by atoms with Gasteiger partial charge in [-0.3, -0.25) is 4.79 Å². The number of hydrogen-bond acceptors (Lipinski definition) is 3. The molecular formula is C13H16N4OS. The summed E-state index contributed by atoms with van der Waals surface area (Å²) in [5.41, 5.74) is 10.9. The Balaban J connectivity index is 2.23. The van der Waals surface area contributed by atoms with Crippen LogP contribution in [0, 0.1) is 5.92 Å². The first kappa shape index (κ1) is 13.5. The van der Waals surface area contributed by atoms with Gasteiger partial charge in [-0.15, -0.1) is 0 Å². The maximum atomic E-state index is 11.2. The molecule has 1 unspecified atom stereocenters. The summed E-state index contributed by atoms with van der Waals surface area (Å²) in [5.74, 6) is 0.0778. The lowest BCUT2D eigenvalue weighted by molar-refractivity contribution is -0.121. The third-order valence-electron chi connectivity index (χ3n) is 3.14. The third-order valence-corrected chi connectivity index (χ3v) is 3.41. The average Bonchev–Trinajstić information content (AvgIpc) is 2.38. The van der Waals surface area contributed by atoms with E-state index in [9.17, 15) is 4.79 Å². The lowest BCUT2D eigenvalue weighted by atomic mass is 9.94. The lowest BCUT2D eigenvalue weighted by Crippen LogP contribution is -2.32. The maximum absolute atomic E-state index is 11.2. The van der Waals surface area contributed by atoms with Crippen LogP contribution in [0.2, 0.25) is 0 Å². The van der Waals surface area contributed by atoms with E-state index in [0.29, 0.717) is 11.5 Å². The number of hydrogen-bond donors (Lipinski definition) is 2. The molecule has 19 heavy (non-hydrogen) atoms. The van der Waals surface area contributed by atoms with Crippen LogP contribution >= 0.6 is 12.2 Å². The van der Waals surface area contributed by atoms with Crippen LogP contribution in [0.4, 0.5) is 5.69 Å². The quantitative estimate of drug-likeness (QED) is 0.797.